The van der Waals surface area contributed by atoms with Crippen LogP contribution in [0.4, 0.5) is 0 Å². The van der Waals surface area contributed by atoms with E-state index in [9.17, 15) is 4.79 Å². The fourth-order valence-electron chi connectivity index (χ4n) is 2.39. The first kappa shape index (κ1) is 11.1. The largest absolute Gasteiger partial charge is 0.295 e. The molecule has 1 atom stereocenters. The van der Waals surface area contributed by atoms with Crippen LogP contribution in [0.5, 0.6) is 0 Å². The summed E-state index contributed by atoms with van der Waals surface area (Å²) in [5.41, 5.74) is 2.19. The number of carbonyl (C=O) groups is 1. The number of benzene rings is 1. The Bertz CT molecular complexity index is 389. The quantitative estimate of drug-likeness (QED) is 0.683. The molecule has 16 heavy (non-hydrogen) atoms. The highest BCUT2D eigenvalue weighted by molar-refractivity contribution is 6.00. The third kappa shape index (κ3) is 2.41. The molecule has 1 saturated carbocycles. The van der Waals surface area contributed by atoms with Crippen molar-refractivity contribution >= 4 is 11.9 Å². The van der Waals surface area contributed by atoms with Crippen molar-refractivity contribution in [2.45, 2.75) is 32.6 Å². The molecule has 0 N–H and O–H groups in total. The molecular formula is C15H18O. The number of allylic oxidation sites excluding steroid dienone is 1. The van der Waals surface area contributed by atoms with Crippen LogP contribution in [0.2, 0.25) is 0 Å². The smallest absolute Gasteiger partial charge is 0.159 e. The number of ketones is 1. The van der Waals surface area contributed by atoms with Gasteiger partial charge in [0.05, 0.1) is 0 Å². The lowest BCUT2D eigenvalue weighted by atomic mass is 9.81. The lowest BCUT2D eigenvalue weighted by Gasteiger charge is -2.23. The third-order valence-corrected chi connectivity index (χ3v) is 3.33. The van der Waals surface area contributed by atoms with E-state index in [1.807, 2.05) is 18.2 Å². The van der Waals surface area contributed by atoms with E-state index in [1.54, 1.807) is 0 Å². The van der Waals surface area contributed by atoms with E-state index in [-0.39, 0.29) is 0 Å². The Labute approximate surface area is 97.2 Å². The molecule has 1 unspecified atom stereocenters. The number of carbonyl (C=O) groups excluding carboxylic acids is 1. The van der Waals surface area contributed by atoms with Crippen LogP contribution in [0, 0.1) is 5.92 Å². The Morgan fingerprint density at radius 2 is 2.06 bits per heavy atom. The van der Waals surface area contributed by atoms with Gasteiger partial charge in [0.25, 0.3) is 0 Å². The van der Waals surface area contributed by atoms with Crippen LogP contribution in [0.15, 0.2) is 35.9 Å². The molecule has 1 heteroatoms. The summed E-state index contributed by atoms with van der Waals surface area (Å²) in [6, 6.07) is 10.1. The van der Waals surface area contributed by atoms with Crippen molar-refractivity contribution in [2.75, 3.05) is 0 Å². The van der Waals surface area contributed by atoms with Crippen molar-refractivity contribution in [3.8, 4) is 0 Å². The maximum atomic E-state index is 11.9. The number of hydrogen-bond donors (Lipinski definition) is 0. The molecule has 2 rings (SSSR count). The van der Waals surface area contributed by atoms with Gasteiger partial charge in [-0.2, -0.15) is 0 Å². The Balaban J connectivity index is 2.28. The SMILES string of the molecule is CCC1CCCC(=O)/C1=C\c1ccccc1. The minimum atomic E-state index is 0.349. The summed E-state index contributed by atoms with van der Waals surface area (Å²) in [5.74, 6) is 0.823. The first-order valence-corrected chi connectivity index (χ1v) is 6.11. The zero-order valence-corrected chi connectivity index (χ0v) is 9.78. The van der Waals surface area contributed by atoms with E-state index in [2.05, 4.69) is 25.1 Å². The average Bonchev–Trinajstić information content (AvgIpc) is 2.33. The van der Waals surface area contributed by atoms with E-state index in [0.29, 0.717) is 11.7 Å². The Hall–Kier alpha value is -1.37. The molecule has 0 radical (unpaired) electrons. The van der Waals surface area contributed by atoms with Crippen molar-refractivity contribution < 1.29 is 4.79 Å². The monoisotopic (exact) mass is 214 g/mol. The summed E-state index contributed by atoms with van der Waals surface area (Å²) in [6.07, 6.45) is 6.11. The summed E-state index contributed by atoms with van der Waals surface area (Å²) < 4.78 is 0. The minimum Gasteiger partial charge on any atom is -0.295 e. The number of rotatable bonds is 2. The van der Waals surface area contributed by atoms with E-state index in [0.717, 1.165) is 30.4 Å². The fraction of sp³-hybridized carbons (Fsp3) is 0.400. The van der Waals surface area contributed by atoms with Crippen molar-refractivity contribution in [2.24, 2.45) is 5.92 Å². The van der Waals surface area contributed by atoms with Gasteiger partial charge in [-0.05, 0) is 42.4 Å². The molecule has 1 aliphatic carbocycles. The number of hydrogen-bond acceptors (Lipinski definition) is 1. The Morgan fingerprint density at radius 3 is 2.75 bits per heavy atom. The van der Waals surface area contributed by atoms with Gasteiger partial charge >= 0.3 is 0 Å². The lowest BCUT2D eigenvalue weighted by Crippen LogP contribution is -2.18. The molecular weight excluding hydrogens is 196 g/mol. The second kappa shape index (κ2) is 5.11. The molecule has 0 bridgehead atoms. The van der Waals surface area contributed by atoms with Crippen molar-refractivity contribution in [1.29, 1.82) is 0 Å². The molecule has 1 aromatic carbocycles. The van der Waals surface area contributed by atoms with Crippen LogP contribution < -0.4 is 0 Å². The first-order chi connectivity index (χ1) is 7.81. The molecule has 0 aromatic heterocycles. The molecule has 0 aliphatic heterocycles. The molecule has 1 aromatic rings. The summed E-state index contributed by atoms with van der Waals surface area (Å²) in [5, 5.41) is 0. The molecule has 0 heterocycles. The van der Waals surface area contributed by atoms with Crippen molar-refractivity contribution in [3.05, 3.63) is 41.5 Å². The highest BCUT2D eigenvalue weighted by atomic mass is 16.1. The maximum absolute atomic E-state index is 11.9. The van der Waals surface area contributed by atoms with Gasteiger partial charge in [-0.1, -0.05) is 37.3 Å². The van der Waals surface area contributed by atoms with E-state index < -0.39 is 0 Å². The van der Waals surface area contributed by atoms with Crippen molar-refractivity contribution in [3.63, 3.8) is 0 Å². The molecule has 0 saturated heterocycles. The molecule has 1 fully saturated rings. The van der Waals surface area contributed by atoms with Gasteiger partial charge in [-0.15, -0.1) is 0 Å². The zero-order chi connectivity index (χ0) is 11.4. The average molecular weight is 214 g/mol. The van der Waals surface area contributed by atoms with E-state index in [4.69, 9.17) is 0 Å². The molecule has 1 nitrogen and oxygen atoms in total. The van der Waals surface area contributed by atoms with Gasteiger partial charge in [0.15, 0.2) is 5.78 Å². The maximum Gasteiger partial charge on any atom is 0.159 e. The van der Waals surface area contributed by atoms with Crippen LogP contribution in [-0.4, -0.2) is 5.78 Å². The van der Waals surface area contributed by atoms with Gasteiger partial charge in [0.1, 0.15) is 0 Å². The van der Waals surface area contributed by atoms with Crippen molar-refractivity contribution in [1.82, 2.24) is 0 Å². The van der Waals surface area contributed by atoms with Gasteiger partial charge in [-0.3, -0.25) is 4.79 Å². The predicted molar refractivity (Wildman–Crippen MR) is 67.1 cm³/mol. The second-order valence-electron chi connectivity index (χ2n) is 4.43. The van der Waals surface area contributed by atoms with Crippen LogP contribution >= 0.6 is 0 Å². The third-order valence-electron chi connectivity index (χ3n) is 3.33. The lowest BCUT2D eigenvalue weighted by molar-refractivity contribution is -0.117. The molecule has 0 amide bonds. The standard InChI is InChI=1S/C15H18O/c1-2-13-9-6-10-15(16)14(13)11-12-7-4-3-5-8-12/h3-5,7-8,11,13H,2,6,9-10H2,1H3/b14-11-. The normalized spacial score (nSPS) is 23.7. The minimum absolute atomic E-state index is 0.349. The highest BCUT2D eigenvalue weighted by Crippen LogP contribution is 2.30. The van der Waals surface area contributed by atoms with Crippen LogP contribution in [0.3, 0.4) is 0 Å². The van der Waals surface area contributed by atoms with Gasteiger partial charge < -0.3 is 0 Å². The van der Waals surface area contributed by atoms with Crippen LogP contribution in [0.1, 0.15) is 38.2 Å². The summed E-state index contributed by atoms with van der Waals surface area (Å²) >= 11 is 0. The second-order valence-corrected chi connectivity index (χ2v) is 4.43. The summed E-state index contributed by atoms with van der Waals surface area (Å²) in [7, 11) is 0. The molecule has 1 aliphatic rings. The van der Waals surface area contributed by atoms with Gasteiger partial charge in [0.2, 0.25) is 0 Å². The Morgan fingerprint density at radius 1 is 1.31 bits per heavy atom. The van der Waals surface area contributed by atoms with E-state index >= 15 is 0 Å². The molecule has 84 valence electrons. The summed E-state index contributed by atoms with van der Waals surface area (Å²) in [4.78, 5) is 11.9. The number of Topliss-reactive ketones (excluding diaryl/α,β-unsaturated/α-hetero) is 1. The predicted octanol–water partition coefficient (Wildman–Crippen LogP) is 3.85. The Kier molecular flexibility index (Phi) is 3.55. The van der Waals surface area contributed by atoms with Crippen LogP contribution in [-0.2, 0) is 4.79 Å². The van der Waals surface area contributed by atoms with Crippen LogP contribution in [0.25, 0.3) is 6.08 Å². The summed E-state index contributed by atoms with van der Waals surface area (Å²) in [6.45, 7) is 2.17. The first-order valence-electron chi connectivity index (χ1n) is 6.11. The van der Waals surface area contributed by atoms with Gasteiger partial charge in [-0.25, -0.2) is 0 Å². The van der Waals surface area contributed by atoms with E-state index in [1.165, 1.54) is 6.42 Å². The zero-order valence-electron chi connectivity index (χ0n) is 9.78. The fourth-order valence-corrected chi connectivity index (χ4v) is 2.39. The highest BCUT2D eigenvalue weighted by Gasteiger charge is 2.23. The van der Waals surface area contributed by atoms with Gasteiger partial charge in [0, 0.05) is 6.42 Å². The topological polar surface area (TPSA) is 17.1 Å². The molecule has 0 spiro atoms.